The number of carbonyl (C=O) groups excluding carboxylic acids is 1. The quantitative estimate of drug-likeness (QED) is 0.771. The third kappa shape index (κ3) is 5.04. The van der Waals surface area contributed by atoms with E-state index in [1.165, 1.54) is 0 Å². The number of amides is 1. The van der Waals surface area contributed by atoms with Crippen molar-refractivity contribution in [1.29, 1.82) is 0 Å². The normalized spacial score (nSPS) is 19.5. The summed E-state index contributed by atoms with van der Waals surface area (Å²) in [5.41, 5.74) is 0.231. The Balaban J connectivity index is 0.00000243. The zero-order valence-electron chi connectivity index (χ0n) is 14.1. The first-order valence-electron chi connectivity index (χ1n) is 8.08. The maximum absolute atomic E-state index is 12.3. The molecule has 0 aliphatic carbocycles. The maximum atomic E-state index is 12.3. The third-order valence-corrected chi connectivity index (χ3v) is 4.77. The van der Waals surface area contributed by atoms with Gasteiger partial charge in [0.25, 0.3) is 5.91 Å². The number of carbonyl (C=O) groups is 1. The first-order valence-corrected chi connectivity index (χ1v) is 8.84. The highest BCUT2D eigenvalue weighted by atomic mass is 35.5. The number of aromatic nitrogens is 1. The molecule has 142 valence electrons. The van der Waals surface area contributed by atoms with Crippen molar-refractivity contribution in [3.05, 3.63) is 45.8 Å². The van der Waals surface area contributed by atoms with Crippen LogP contribution in [0.4, 0.5) is 0 Å². The second-order valence-electron chi connectivity index (χ2n) is 6.07. The van der Waals surface area contributed by atoms with Gasteiger partial charge in [0, 0.05) is 12.1 Å². The molecule has 1 aliphatic heterocycles. The molecule has 1 aromatic carbocycles. The van der Waals surface area contributed by atoms with Crippen LogP contribution in [-0.2, 0) is 6.61 Å². The van der Waals surface area contributed by atoms with Crippen LogP contribution in [-0.4, -0.2) is 30.2 Å². The first kappa shape index (κ1) is 20.8. The summed E-state index contributed by atoms with van der Waals surface area (Å²) in [5.74, 6) is 0.913. The Morgan fingerprint density at radius 2 is 2.15 bits per heavy atom. The molecule has 1 fully saturated rings. The van der Waals surface area contributed by atoms with Crippen LogP contribution in [0.1, 0.15) is 29.6 Å². The van der Waals surface area contributed by atoms with Crippen LogP contribution in [0.25, 0.3) is 0 Å². The monoisotopic (exact) mass is 419 g/mol. The zero-order valence-corrected chi connectivity index (χ0v) is 16.5. The van der Waals surface area contributed by atoms with Gasteiger partial charge < -0.3 is 19.9 Å². The smallest absolute Gasteiger partial charge is 0.273 e. The lowest BCUT2D eigenvalue weighted by atomic mass is 9.95. The molecule has 0 bridgehead atoms. The van der Waals surface area contributed by atoms with Crippen LogP contribution in [0.15, 0.2) is 28.8 Å². The minimum absolute atomic E-state index is 0. The molecule has 2 aromatic rings. The zero-order chi connectivity index (χ0) is 17.8. The van der Waals surface area contributed by atoms with Gasteiger partial charge in [-0.15, -0.1) is 12.4 Å². The second kappa shape index (κ2) is 9.46. The van der Waals surface area contributed by atoms with Crippen LogP contribution in [0.3, 0.4) is 0 Å². The number of hydrogen-bond acceptors (Lipinski definition) is 5. The number of nitrogens with zero attached hydrogens (tertiary/aromatic N) is 1. The molecule has 0 saturated carbocycles. The molecule has 6 nitrogen and oxygen atoms in total. The van der Waals surface area contributed by atoms with Gasteiger partial charge in [-0.2, -0.15) is 0 Å². The van der Waals surface area contributed by atoms with Crippen molar-refractivity contribution < 1.29 is 14.1 Å². The highest BCUT2D eigenvalue weighted by Gasteiger charge is 2.24. The Kier molecular flexibility index (Phi) is 7.58. The minimum Gasteiger partial charge on any atom is -0.482 e. The van der Waals surface area contributed by atoms with Crippen molar-refractivity contribution in [2.24, 2.45) is 5.92 Å². The lowest BCUT2D eigenvalue weighted by molar-refractivity contribution is 0.0904. The number of halogens is 3. The molecule has 0 radical (unpaired) electrons. The lowest BCUT2D eigenvalue weighted by Gasteiger charge is -2.29. The van der Waals surface area contributed by atoms with E-state index in [4.69, 9.17) is 32.5 Å². The van der Waals surface area contributed by atoms with Crippen molar-refractivity contribution >= 4 is 41.5 Å². The number of benzene rings is 1. The Hall–Kier alpha value is -1.47. The molecule has 2 atom stereocenters. The van der Waals surface area contributed by atoms with Gasteiger partial charge in [-0.3, -0.25) is 4.79 Å². The fraction of sp³-hybridized carbons (Fsp3) is 0.412. The van der Waals surface area contributed by atoms with Gasteiger partial charge in [-0.25, -0.2) is 0 Å². The van der Waals surface area contributed by atoms with E-state index in [2.05, 4.69) is 22.7 Å². The van der Waals surface area contributed by atoms with Gasteiger partial charge in [-0.1, -0.05) is 41.3 Å². The largest absolute Gasteiger partial charge is 0.482 e. The highest BCUT2D eigenvalue weighted by molar-refractivity contribution is 6.37. The molecule has 26 heavy (non-hydrogen) atoms. The summed E-state index contributed by atoms with van der Waals surface area (Å²) in [7, 11) is 0. The third-order valence-electron chi connectivity index (χ3n) is 4.17. The summed E-state index contributed by atoms with van der Waals surface area (Å²) < 4.78 is 10.7. The van der Waals surface area contributed by atoms with Crippen LogP contribution in [0, 0.1) is 5.92 Å². The molecule has 2 unspecified atom stereocenters. The molecule has 0 spiro atoms. The van der Waals surface area contributed by atoms with Gasteiger partial charge in [0.15, 0.2) is 17.2 Å². The van der Waals surface area contributed by atoms with Gasteiger partial charge in [0.05, 0.1) is 10.0 Å². The lowest BCUT2D eigenvalue weighted by Crippen LogP contribution is -2.48. The molecule has 1 aliphatic rings. The Bertz CT molecular complexity index is 734. The van der Waals surface area contributed by atoms with Crippen molar-refractivity contribution in [3.8, 4) is 5.75 Å². The number of rotatable bonds is 5. The summed E-state index contributed by atoms with van der Waals surface area (Å²) in [4.78, 5) is 12.3. The van der Waals surface area contributed by atoms with E-state index in [0.717, 1.165) is 19.5 Å². The Morgan fingerprint density at radius 3 is 2.85 bits per heavy atom. The van der Waals surface area contributed by atoms with Gasteiger partial charge in [0.1, 0.15) is 6.61 Å². The topological polar surface area (TPSA) is 76.4 Å². The highest BCUT2D eigenvalue weighted by Crippen LogP contribution is 2.32. The molecule has 3 rings (SSSR count). The fourth-order valence-electron chi connectivity index (χ4n) is 2.72. The fourth-order valence-corrected chi connectivity index (χ4v) is 3.23. The van der Waals surface area contributed by atoms with E-state index < -0.39 is 0 Å². The Morgan fingerprint density at radius 1 is 1.42 bits per heavy atom. The average Bonchev–Trinajstić information content (AvgIpc) is 3.05. The van der Waals surface area contributed by atoms with E-state index in [-0.39, 0.29) is 36.7 Å². The molecule has 1 aromatic heterocycles. The summed E-state index contributed by atoms with van der Waals surface area (Å²) in [5, 5.41) is 10.9. The van der Waals surface area contributed by atoms with Crippen LogP contribution in [0.5, 0.6) is 5.75 Å². The Labute approximate surface area is 168 Å². The molecule has 9 heteroatoms. The van der Waals surface area contributed by atoms with Crippen LogP contribution >= 0.6 is 35.6 Å². The van der Waals surface area contributed by atoms with Gasteiger partial charge >= 0.3 is 0 Å². The number of nitrogens with one attached hydrogen (secondary N) is 2. The molecule has 2 heterocycles. The number of ether oxygens (including phenoxy) is 1. The van der Waals surface area contributed by atoms with Crippen molar-refractivity contribution in [1.82, 2.24) is 15.8 Å². The molecule has 1 amide bonds. The van der Waals surface area contributed by atoms with Gasteiger partial charge in [-0.05, 0) is 37.6 Å². The minimum atomic E-state index is -0.246. The SMILES string of the molecule is CC1CNCCC1NC(=O)c1cc(COc2c(Cl)cccc2Cl)on1.Cl. The maximum Gasteiger partial charge on any atom is 0.273 e. The second-order valence-corrected chi connectivity index (χ2v) is 6.88. The summed E-state index contributed by atoms with van der Waals surface area (Å²) in [6, 6.07) is 6.79. The average molecular weight is 421 g/mol. The summed E-state index contributed by atoms with van der Waals surface area (Å²) >= 11 is 12.1. The predicted molar refractivity (Wildman–Crippen MR) is 102 cm³/mol. The van der Waals surface area contributed by atoms with E-state index >= 15 is 0 Å². The number of piperidine rings is 1. The number of para-hydroxylation sites is 1. The molecular weight excluding hydrogens is 401 g/mol. The molecular formula is C17H20Cl3N3O3. The van der Waals surface area contributed by atoms with Gasteiger partial charge in [0.2, 0.25) is 0 Å². The summed E-state index contributed by atoms with van der Waals surface area (Å²) in [6.45, 7) is 3.97. The van der Waals surface area contributed by atoms with E-state index in [1.807, 2.05) is 0 Å². The van der Waals surface area contributed by atoms with Crippen molar-refractivity contribution in [2.75, 3.05) is 13.1 Å². The standard InChI is InChI=1S/C17H19Cl2N3O3.ClH/c1-10-8-20-6-5-14(10)21-17(23)15-7-11(25-22-15)9-24-16-12(18)3-2-4-13(16)19;/h2-4,7,10,14,20H,5-6,8-9H2,1H3,(H,21,23);1H. The van der Waals surface area contributed by atoms with E-state index in [0.29, 0.717) is 27.5 Å². The predicted octanol–water partition coefficient (Wildman–Crippen LogP) is 3.71. The van der Waals surface area contributed by atoms with E-state index in [9.17, 15) is 4.79 Å². The van der Waals surface area contributed by atoms with E-state index in [1.54, 1.807) is 24.3 Å². The van der Waals surface area contributed by atoms with Crippen LogP contribution in [0.2, 0.25) is 10.0 Å². The molecule has 2 N–H and O–H groups in total. The molecule has 1 saturated heterocycles. The van der Waals surface area contributed by atoms with Crippen molar-refractivity contribution in [2.45, 2.75) is 26.0 Å². The van der Waals surface area contributed by atoms with Crippen LogP contribution < -0.4 is 15.4 Å². The first-order chi connectivity index (χ1) is 12.0. The summed E-state index contributed by atoms with van der Waals surface area (Å²) in [6.07, 6.45) is 0.895. The number of hydrogen-bond donors (Lipinski definition) is 2. The van der Waals surface area contributed by atoms with Crippen molar-refractivity contribution in [3.63, 3.8) is 0 Å².